The second-order valence-corrected chi connectivity index (χ2v) is 5.00. The Bertz CT molecular complexity index is 687. The summed E-state index contributed by atoms with van der Waals surface area (Å²) in [5, 5.41) is 1.08. The van der Waals surface area contributed by atoms with Crippen LogP contribution in [0.4, 0.5) is 0 Å². The minimum atomic E-state index is 0.541. The molecule has 5 heteroatoms. The van der Waals surface area contributed by atoms with Gasteiger partial charge in [0.25, 0.3) is 0 Å². The molecule has 0 saturated carbocycles. The monoisotopic (exact) mass is 291 g/mol. The normalized spacial score (nSPS) is 10.8. The number of H-pyrrole nitrogens is 2. The maximum absolute atomic E-state index is 6.19. The van der Waals surface area contributed by atoms with Gasteiger partial charge in [0.2, 0.25) is 0 Å². The van der Waals surface area contributed by atoms with Gasteiger partial charge in [-0.3, -0.25) is 0 Å². The zero-order chi connectivity index (χ0) is 13.2. The minimum absolute atomic E-state index is 0.541. The number of nitrogens with one attached hydrogen (secondary N) is 2. The van der Waals surface area contributed by atoms with E-state index in [1.54, 1.807) is 12.3 Å². The first kappa shape index (κ1) is 12.3. The summed E-state index contributed by atoms with van der Waals surface area (Å²) in [6.45, 7) is 0. The van der Waals surface area contributed by atoms with Crippen molar-refractivity contribution < 1.29 is 0 Å². The fourth-order valence-corrected chi connectivity index (χ4v) is 2.36. The van der Waals surface area contributed by atoms with Crippen LogP contribution in [-0.4, -0.2) is 15.0 Å². The van der Waals surface area contributed by atoms with Gasteiger partial charge in [0.15, 0.2) is 0 Å². The van der Waals surface area contributed by atoms with Crippen LogP contribution in [0.2, 0.25) is 10.0 Å². The van der Waals surface area contributed by atoms with Crippen LogP contribution >= 0.6 is 23.2 Å². The number of benzene rings is 1. The van der Waals surface area contributed by atoms with E-state index in [2.05, 4.69) is 15.0 Å². The zero-order valence-corrected chi connectivity index (χ0v) is 11.5. The zero-order valence-electron chi connectivity index (χ0n) is 9.95. The van der Waals surface area contributed by atoms with Gasteiger partial charge in [0.1, 0.15) is 5.82 Å². The summed E-state index contributed by atoms with van der Waals surface area (Å²) in [6, 6.07) is 9.54. The lowest BCUT2D eigenvalue weighted by molar-refractivity contribution is 0.992. The van der Waals surface area contributed by atoms with Crippen LogP contribution in [0.3, 0.4) is 0 Å². The van der Waals surface area contributed by atoms with Gasteiger partial charge < -0.3 is 9.97 Å². The fourth-order valence-electron chi connectivity index (χ4n) is 1.96. The largest absolute Gasteiger partial charge is 0.365 e. The quantitative estimate of drug-likeness (QED) is 0.742. The van der Waals surface area contributed by atoms with E-state index in [1.807, 2.05) is 30.5 Å². The van der Waals surface area contributed by atoms with Crippen molar-refractivity contribution in [1.29, 1.82) is 0 Å². The minimum Gasteiger partial charge on any atom is -0.365 e. The Kier molecular flexibility index (Phi) is 3.32. The molecule has 0 radical (unpaired) electrons. The van der Waals surface area contributed by atoms with E-state index in [-0.39, 0.29) is 0 Å². The van der Waals surface area contributed by atoms with Crippen molar-refractivity contribution in [2.24, 2.45) is 0 Å². The van der Waals surface area contributed by atoms with Gasteiger partial charge in [-0.1, -0.05) is 35.3 Å². The van der Waals surface area contributed by atoms with Crippen molar-refractivity contribution in [3.8, 4) is 11.3 Å². The molecule has 0 unspecified atom stereocenters. The Labute approximate surface area is 120 Å². The molecule has 0 fully saturated rings. The Morgan fingerprint density at radius 1 is 1.11 bits per heavy atom. The molecule has 0 amide bonds. The summed E-state index contributed by atoms with van der Waals surface area (Å²) in [7, 11) is 0. The van der Waals surface area contributed by atoms with Crippen molar-refractivity contribution in [2.75, 3.05) is 0 Å². The topological polar surface area (TPSA) is 44.5 Å². The average molecular weight is 292 g/mol. The first-order valence-electron chi connectivity index (χ1n) is 5.84. The number of hydrogen-bond acceptors (Lipinski definition) is 1. The van der Waals surface area contributed by atoms with Crippen molar-refractivity contribution in [3.63, 3.8) is 0 Å². The average Bonchev–Trinajstić information content (AvgIpc) is 3.05. The number of imidazole rings is 1. The van der Waals surface area contributed by atoms with Crippen molar-refractivity contribution in [2.45, 2.75) is 6.42 Å². The summed E-state index contributed by atoms with van der Waals surface area (Å²) >= 11 is 12.2. The smallest absolute Gasteiger partial charge is 0.112 e. The molecule has 96 valence electrons. The third kappa shape index (κ3) is 2.53. The second kappa shape index (κ2) is 5.11. The molecule has 2 heterocycles. The highest BCUT2D eigenvalue weighted by molar-refractivity contribution is 6.43. The van der Waals surface area contributed by atoms with Crippen LogP contribution in [0.1, 0.15) is 11.5 Å². The first-order chi connectivity index (χ1) is 9.24. The van der Waals surface area contributed by atoms with Gasteiger partial charge in [0, 0.05) is 23.9 Å². The van der Waals surface area contributed by atoms with Crippen molar-refractivity contribution in [1.82, 2.24) is 15.0 Å². The molecule has 3 rings (SSSR count). The molecular weight excluding hydrogens is 281 g/mol. The van der Waals surface area contributed by atoms with E-state index in [0.29, 0.717) is 10.0 Å². The Morgan fingerprint density at radius 2 is 2.00 bits per heavy atom. The van der Waals surface area contributed by atoms with Gasteiger partial charge >= 0.3 is 0 Å². The van der Waals surface area contributed by atoms with Gasteiger partial charge in [0.05, 0.1) is 21.9 Å². The molecule has 0 aliphatic rings. The molecule has 2 aromatic heterocycles. The lowest BCUT2D eigenvalue weighted by Crippen LogP contribution is -1.90. The number of rotatable bonds is 3. The highest BCUT2D eigenvalue weighted by Gasteiger charge is 2.10. The van der Waals surface area contributed by atoms with Gasteiger partial charge in [-0.15, -0.1) is 0 Å². The van der Waals surface area contributed by atoms with Crippen molar-refractivity contribution in [3.05, 3.63) is 64.3 Å². The summed E-state index contributed by atoms with van der Waals surface area (Å²) < 4.78 is 0. The van der Waals surface area contributed by atoms with Crippen LogP contribution < -0.4 is 0 Å². The van der Waals surface area contributed by atoms with Crippen LogP contribution in [0.15, 0.2) is 42.7 Å². The first-order valence-corrected chi connectivity index (χ1v) is 6.60. The molecule has 2 N–H and O–H groups in total. The van der Waals surface area contributed by atoms with E-state index < -0.39 is 0 Å². The number of hydrogen-bond donors (Lipinski definition) is 2. The molecule has 19 heavy (non-hydrogen) atoms. The third-order valence-electron chi connectivity index (χ3n) is 2.89. The molecule has 0 aliphatic carbocycles. The van der Waals surface area contributed by atoms with E-state index in [4.69, 9.17) is 23.2 Å². The van der Waals surface area contributed by atoms with E-state index >= 15 is 0 Å². The Morgan fingerprint density at radius 3 is 2.79 bits per heavy atom. The number of nitrogens with zero attached hydrogens (tertiary/aromatic N) is 1. The molecule has 3 aromatic rings. The second-order valence-electron chi connectivity index (χ2n) is 4.22. The van der Waals surface area contributed by atoms with Crippen LogP contribution in [0.5, 0.6) is 0 Å². The Balaban J connectivity index is 1.91. The predicted octanol–water partition coefficient (Wildman–Crippen LogP) is 4.30. The lowest BCUT2D eigenvalue weighted by atomic mass is 10.2. The number of aromatic nitrogens is 3. The standard InChI is InChI=1S/C14H11Cl2N3/c15-11-5-1-4-10(14(11)16)12-8-18-13(19-12)7-9-3-2-6-17-9/h1-6,8,17H,7H2,(H,18,19). The van der Waals surface area contributed by atoms with Gasteiger partial charge in [-0.2, -0.15) is 0 Å². The van der Waals surface area contributed by atoms with Crippen LogP contribution in [0.25, 0.3) is 11.3 Å². The molecule has 0 saturated heterocycles. The van der Waals surface area contributed by atoms with Gasteiger partial charge in [-0.25, -0.2) is 4.98 Å². The van der Waals surface area contributed by atoms with Crippen LogP contribution in [-0.2, 0) is 6.42 Å². The summed E-state index contributed by atoms with van der Waals surface area (Å²) in [4.78, 5) is 10.8. The summed E-state index contributed by atoms with van der Waals surface area (Å²) in [5.74, 6) is 0.883. The Hall–Kier alpha value is -1.71. The highest BCUT2D eigenvalue weighted by Crippen LogP contribution is 2.32. The molecule has 0 aliphatic heterocycles. The summed E-state index contributed by atoms with van der Waals surface area (Å²) in [5.41, 5.74) is 2.84. The van der Waals surface area contributed by atoms with E-state index in [9.17, 15) is 0 Å². The maximum Gasteiger partial charge on any atom is 0.112 e. The predicted molar refractivity (Wildman–Crippen MR) is 77.6 cm³/mol. The fraction of sp³-hybridized carbons (Fsp3) is 0.0714. The molecule has 0 bridgehead atoms. The lowest BCUT2D eigenvalue weighted by Gasteiger charge is -2.02. The highest BCUT2D eigenvalue weighted by atomic mass is 35.5. The number of aromatic amines is 2. The SMILES string of the molecule is Clc1cccc(-c2cnc(Cc3ccc[nH]3)[nH]2)c1Cl. The molecule has 0 atom stereocenters. The number of halogens is 2. The third-order valence-corrected chi connectivity index (χ3v) is 3.71. The molecular formula is C14H11Cl2N3. The summed E-state index contributed by atoms with van der Waals surface area (Å²) in [6.07, 6.45) is 4.40. The molecule has 3 nitrogen and oxygen atoms in total. The van der Waals surface area contributed by atoms with E-state index in [1.165, 1.54) is 0 Å². The van der Waals surface area contributed by atoms with Crippen molar-refractivity contribution >= 4 is 23.2 Å². The van der Waals surface area contributed by atoms with E-state index in [0.717, 1.165) is 29.2 Å². The van der Waals surface area contributed by atoms with Gasteiger partial charge in [-0.05, 0) is 18.2 Å². The molecule has 0 spiro atoms. The van der Waals surface area contributed by atoms with Crippen LogP contribution in [0, 0.1) is 0 Å². The maximum atomic E-state index is 6.19. The molecule has 1 aromatic carbocycles.